The van der Waals surface area contributed by atoms with Crippen LogP contribution in [0.1, 0.15) is 95.3 Å². The second-order valence-electron chi connectivity index (χ2n) is 18.4. The molecule has 8 amide bonds. The topological polar surface area (TPSA) is 227 Å². The molecule has 6 heterocycles. The predicted octanol–water partition coefficient (Wildman–Crippen LogP) is 2.98. The van der Waals surface area contributed by atoms with Crippen molar-refractivity contribution in [3.63, 3.8) is 0 Å². The van der Waals surface area contributed by atoms with E-state index in [2.05, 4.69) is 25.9 Å². The Hall–Kier alpha value is -7.33. The largest absolute Gasteiger partial charge is 0.495 e. The summed E-state index contributed by atoms with van der Waals surface area (Å²) in [7, 11) is 2.56. The van der Waals surface area contributed by atoms with Crippen molar-refractivity contribution >= 4 is 76.1 Å². The molecule has 3 N–H and O–H groups in total. The van der Waals surface area contributed by atoms with Gasteiger partial charge in [-0.1, -0.05) is 18.9 Å². The van der Waals surface area contributed by atoms with Crippen LogP contribution in [0.4, 0.5) is 42.0 Å². The number of carbonyl (C=O) groups is 8. The summed E-state index contributed by atoms with van der Waals surface area (Å²) < 4.78 is 51.3. The summed E-state index contributed by atoms with van der Waals surface area (Å²) in [5.41, 5.74) is 0.720. The van der Waals surface area contributed by atoms with Crippen molar-refractivity contribution in [3.05, 3.63) is 59.0 Å². The molecule has 0 bridgehead atoms. The molecular weight excluding hydrogens is 920 g/mol. The monoisotopic (exact) mass is 971 g/mol. The normalized spacial score (nSPS) is 21.5. The molecule has 6 aliphatic rings. The second-order valence-corrected chi connectivity index (χ2v) is 18.4. The van der Waals surface area contributed by atoms with Crippen LogP contribution < -0.4 is 35.4 Å². The number of likely N-dealkylation sites (tertiary alicyclic amines) is 1. The number of methoxy groups -OCH3 is 1. The number of amides is 8. The Morgan fingerprint density at radius 1 is 0.900 bits per heavy atom. The lowest BCUT2D eigenvalue weighted by Gasteiger charge is -2.37. The molecule has 1 unspecified atom stereocenters. The quantitative estimate of drug-likeness (QED) is 0.222. The fourth-order valence-electron chi connectivity index (χ4n) is 10.3. The molecule has 20 nitrogen and oxygen atoms in total. The first-order valence-corrected chi connectivity index (χ1v) is 23.4. The van der Waals surface area contributed by atoms with Gasteiger partial charge in [-0.25, -0.2) is 9.37 Å². The Balaban J connectivity index is 0.749. The van der Waals surface area contributed by atoms with Crippen molar-refractivity contribution in [3.8, 4) is 5.75 Å². The number of alkyl halides is 2. The maximum absolute atomic E-state index is 15.7. The van der Waals surface area contributed by atoms with E-state index in [9.17, 15) is 38.4 Å². The zero-order valence-corrected chi connectivity index (χ0v) is 38.6. The molecule has 3 aromatic rings. The number of aromatic nitrogens is 2. The molecule has 23 heteroatoms. The fourth-order valence-corrected chi connectivity index (χ4v) is 10.3. The van der Waals surface area contributed by atoms with Crippen LogP contribution in [-0.2, 0) is 24.0 Å². The van der Waals surface area contributed by atoms with Crippen molar-refractivity contribution in [2.45, 2.75) is 88.3 Å². The van der Waals surface area contributed by atoms with Gasteiger partial charge in [0.1, 0.15) is 23.3 Å². The Morgan fingerprint density at radius 3 is 2.34 bits per heavy atom. The van der Waals surface area contributed by atoms with Crippen LogP contribution >= 0.6 is 0 Å². The molecule has 9 rings (SSSR count). The van der Waals surface area contributed by atoms with E-state index in [1.165, 1.54) is 37.4 Å². The Kier molecular flexibility index (Phi) is 13.1. The molecule has 5 aliphatic heterocycles. The van der Waals surface area contributed by atoms with Crippen LogP contribution in [0, 0.1) is 5.82 Å². The lowest BCUT2D eigenvalue weighted by Crippen LogP contribution is -2.54. The number of imide groups is 2. The van der Waals surface area contributed by atoms with E-state index in [4.69, 9.17) is 4.74 Å². The maximum Gasteiger partial charge on any atom is 0.342 e. The zero-order valence-electron chi connectivity index (χ0n) is 38.6. The van der Waals surface area contributed by atoms with Gasteiger partial charge in [-0.05, 0) is 50.3 Å². The van der Waals surface area contributed by atoms with Crippen molar-refractivity contribution in [1.29, 1.82) is 0 Å². The SMILES string of the molecule is COc1cc(C(=O)N[C@H]2CCN(C(=O)CCCC(=O)N3CCN(c4cccc5c4C(=O)N(C4CCC(=O)NC4=O)C5=O)CC3)C2)c(F)cc1Nc1ncc2c(n1)N(C1CCCC1)CC(F)(F)C(=O)N2C. The minimum absolute atomic E-state index is 0.0117. The van der Waals surface area contributed by atoms with Gasteiger partial charge in [0.2, 0.25) is 29.6 Å². The first kappa shape index (κ1) is 47.7. The highest BCUT2D eigenvalue weighted by atomic mass is 19.3. The van der Waals surface area contributed by atoms with Crippen LogP contribution in [0.25, 0.3) is 0 Å². The molecule has 0 spiro atoms. The molecule has 1 aliphatic carbocycles. The third-order valence-electron chi connectivity index (χ3n) is 14.0. The Morgan fingerprint density at radius 2 is 1.63 bits per heavy atom. The van der Waals surface area contributed by atoms with Gasteiger partial charge in [-0.2, -0.15) is 13.8 Å². The number of anilines is 5. The van der Waals surface area contributed by atoms with Gasteiger partial charge in [0, 0.05) is 83.7 Å². The van der Waals surface area contributed by atoms with Crippen LogP contribution in [0.15, 0.2) is 36.5 Å². The first-order chi connectivity index (χ1) is 33.5. The molecule has 1 saturated carbocycles. The van der Waals surface area contributed by atoms with E-state index >= 15 is 13.2 Å². The average molecular weight is 972 g/mol. The van der Waals surface area contributed by atoms with Gasteiger partial charge >= 0.3 is 5.92 Å². The molecule has 0 radical (unpaired) electrons. The predicted molar refractivity (Wildman–Crippen MR) is 244 cm³/mol. The van der Waals surface area contributed by atoms with Crippen LogP contribution in [-0.4, -0.2) is 156 Å². The highest BCUT2D eigenvalue weighted by Crippen LogP contribution is 2.41. The maximum atomic E-state index is 15.7. The third-order valence-corrected chi connectivity index (χ3v) is 14.0. The highest BCUT2D eigenvalue weighted by molar-refractivity contribution is 6.25. The summed E-state index contributed by atoms with van der Waals surface area (Å²) in [6, 6.07) is 5.33. The van der Waals surface area contributed by atoms with Gasteiger partial charge in [0.15, 0.2) is 5.82 Å². The Labute approximate surface area is 399 Å². The molecule has 2 atom stereocenters. The fraction of sp³-hybridized carbons (Fsp3) is 0.489. The number of piperidine rings is 1. The lowest BCUT2D eigenvalue weighted by molar-refractivity contribution is -0.140. The second kappa shape index (κ2) is 19.2. The number of carbonyl (C=O) groups excluding carboxylic acids is 8. The van der Waals surface area contributed by atoms with Crippen molar-refractivity contribution in [1.82, 2.24) is 35.3 Å². The molecule has 1 aromatic heterocycles. The standard InChI is InChI=1S/C47H52F3N11O9/c1-56-34-23-51-46(55-40(34)60(27-7-3-4-8-27)25-47(49,50)45(56)69)53-31-22-30(48)29(21-35(31)70-2)41(65)52-26-15-16-59(24-26)38(64)12-6-11-37(63)58-19-17-57(18-20-58)32-10-5-9-28-39(32)44(68)61(43(28)67)33-13-14-36(62)54-42(33)66/h5,9-10,21-23,26-27,33H,3-4,6-8,11-20,24-25H2,1-2H3,(H,52,65)(H,51,53,55)(H,54,62,66)/t26-,33?/m0/s1. The number of nitrogens with one attached hydrogen (secondary N) is 3. The van der Waals surface area contributed by atoms with E-state index in [-0.39, 0.29) is 102 Å². The first-order valence-electron chi connectivity index (χ1n) is 23.4. The summed E-state index contributed by atoms with van der Waals surface area (Å²) in [6.45, 7) is 1.10. The van der Waals surface area contributed by atoms with Crippen LogP contribution in [0.2, 0.25) is 0 Å². The van der Waals surface area contributed by atoms with Crippen molar-refractivity contribution in [2.75, 3.05) is 80.0 Å². The number of rotatable bonds is 12. The van der Waals surface area contributed by atoms with Crippen LogP contribution in [0.3, 0.4) is 0 Å². The molecule has 3 saturated heterocycles. The minimum atomic E-state index is -3.66. The summed E-state index contributed by atoms with van der Waals surface area (Å²) >= 11 is 0. The van der Waals surface area contributed by atoms with Crippen LogP contribution in [0.5, 0.6) is 5.75 Å². The molecule has 70 heavy (non-hydrogen) atoms. The van der Waals surface area contributed by atoms with Gasteiger partial charge < -0.3 is 39.9 Å². The van der Waals surface area contributed by atoms with E-state index in [1.807, 2.05) is 4.90 Å². The minimum Gasteiger partial charge on any atom is -0.495 e. The van der Waals surface area contributed by atoms with Gasteiger partial charge in [0.25, 0.3) is 23.6 Å². The number of halogens is 3. The smallest absolute Gasteiger partial charge is 0.342 e. The molecule has 370 valence electrons. The molecular formula is C47H52F3N11O9. The number of benzene rings is 2. The number of hydrogen-bond donors (Lipinski definition) is 3. The summed E-state index contributed by atoms with van der Waals surface area (Å²) in [5.74, 6) is -9.24. The van der Waals surface area contributed by atoms with E-state index in [0.717, 1.165) is 28.7 Å². The summed E-state index contributed by atoms with van der Waals surface area (Å²) in [6.07, 6.45) is 5.23. The highest BCUT2D eigenvalue weighted by Gasteiger charge is 2.49. The Bertz CT molecular complexity index is 2670. The van der Waals surface area contributed by atoms with E-state index < -0.39 is 65.8 Å². The van der Waals surface area contributed by atoms with Gasteiger partial charge in [0.05, 0.1) is 47.9 Å². The molecule has 2 aromatic carbocycles. The van der Waals surface area contributed by atoms with Gasteiger partial charge in [-0.15, -0.1) is 0 Å². The number of nitrogens with zero attached hydrogens (tertiary/aromatic N) is 8. The molecule has 4 fully saturated rings. The van der Waals surface area contributed by atoms with Crippen molar-refractivity contribution < 1.29 is 56.3 Å². The number of fused-ring (bicyclic) bond motifs is 2. The van der Waals surface area contributed by atoms with E-state index in [0.29, 0.717) is 57.7 Å². The lowest BCUT2D eigenvalue weighted by atomic mass is 10.0. The zero-order chi connectivity index (χ0) is 49.6. The number of hydrogen-bond acceptors (Lipinski definition) is 14. The average Bonchev–Trinajstić information content (AvgIpc) is 4.10. The van der Waals surface area contributed by atoms with E-state index in [1.54, 1.807) is 21.9 Å². The van der Waals surface area contributed by atoms with Crippen molar-refractivity contribution in [2.24, 2.45) is 0 Å². The number of piperazine rings is 1. The van der Waals surface area contributed by atoms with Gasteiger partial charge in [-0.3, -0.25) is 48.6 Å². The third kappa shape index (κ3) is 9.15. The summed E-state index contributed by atoms with van der Waals surface area (Å²) in [5, 5.41) is 7.87. The summed E-state index contributed by atoms with van der Waals surface area (Å²) in [4.78, 5) is 121. The number of ether oxygens (including phenoxy) is 1.